The fraction of sp³-hybridized carbons (Fsp3) is 0.583. The summed E-state index contributed by atoms with van der Waals surface area (Å²) < 4.78 is 5.51. The number of carboxylic acid groups (broad SMARTS) is 1. The van der Waals surface area contributed by atoms with Crippen molar-refractivity contribution in [2.24, 2.45) is 0 Å². The van der Waals surface area contributed by atoms with E-state index >= 15 is 0 Å². The molecule has 90 valence electrons. The Morgan fingerprint density at radius 3 is 2.88 bits per heavy atom. The van der Waals surface area contributed by atoms with Gasteiger partial charge in [0.2, 0.25) is 0 Å². The zero-order valence-electron chi connectivity index (χ0n) is 9.73. The quantitative estimate of drug-likeness (QED) is 0.799. The Balaban J connectivity index is 2.41. The van der Waals surface area contributed by atoms with Crippen molar-refractivity contribution < 1.29 is 14.6 Å². The molecule has 0 aliphatic carbocycles. The third-order valence-corrected chi connectivity index (χ3v) is 3.46. The third-order valence-electron chi connectivity index (χ3n) is 2.53. The molecule has 0 saturated heterocycles. The average Bonchev–Trinajstić information content (AvgIpc) is 2.70. The van der Waals surface area contributed by atoms with Gasteiger partial charge >= 0.3 is 5.97 Å². The van der Waals surface area contributed by atoms with Crippen LogP contribution < -0.4 is 0 Å². The maximum atomic E-state index is 11.1. The number of rotatable bonds is 7. The second-order valence-corrected chi connectivity index (χ2v) is 5.00. The predicted octanol–water partition coefficient (Wildman–Crippen LogP) is 2.95. The van der Waals surface area contributed by atoms with E-state index in [0.717, 1.165) is 12.8 Å². The lowest BCUT2D eigenvalue weighted by molar-refractivity contribution is -0.164. The van der Waals surface area contributed by atoms with E-state index in [1.807, 2.05) is 24.4 Å². The van der Waals surface area contributed by atoms with Crippen LogP contribution in [0, 0.1) is 0 Å². The van der Waals surface area contributed by atoms with Gasteiger partial charge in [-0.05, 0) is 24.8 Å². The highest BCUT2D eigenvalue weighted by molar-refractivity contribution is 7.09. The number of thiophene rings is 1. The molecule has 0 spiro atoms. The van der Waals surface area contributed by atoms with Crippen LogP contribution in [0.5, 0.6) is 0 Å². The van der Waals surface area contributed by atoms with Crippen LogP contribution in [0.2, 0.25) is 0 Å². The van der Waals surface area contributed by atoms with Crippen LogP contribution in [-0.2, 0) is 16.0 Å². The second-order valence-electron chi connectivity index (χ2n) is 3.96. The SMILES string of the molecule is CCCC(C)(OCCc1cccs1)C(=O)O. The number of aliphatic carboxylic acids is 1. The van der Waals surface area contributed by atoms with Gasteiger partial charge in [-0.15, -0.1) is 11.3 Å². The molecule has 1 N–H and O–H groups in total. The second kappa shape index (κ2) is 6.01. The van der Waals surface area contributed by atoms with E-state index < -0.39 is 11.6 Å². The van der Waals surface area contributed by atoms with Gasteiger partial charge in [0.05, 0.1) is 6.61 Å². The molecule has 0 aromatic carbocycles. The summed E-state index contributed by atoms with van der Waals surface area (Å²) in [6.45, 7) is 4.07. The summed E-state index contributed by atoms with van der Waals surface area (Å²) in [6.07, 6.45) is 2.14. The van der Waals surface area contributed by atoms with Gasteiger partial charge < -0.3 is 9.84 Å². The normalized spacial score (nSPS) is 14.6. The number of carbonyl (C=O) groups is 1. The summed E-state index contributed by atoms with van der Waals surface area (Å²) in [7, 11) is 0. The van der Waals surface area contributed by atoms with Crippen LogP contribution in [0.15, 0.2) is 17.5 Å². The molecule has 0 aliphatic rings. The number of carboxylic acids is 1. The van der Waals surface area contributed by atoms with Crippen LogP contribution in [0.1, 0.15) is 31.6 Å². The summed E-state index contributed by atoms with van der Waals surface area (Å²) in [5.74, 6) is -0.875. The molecule has 0 fully saturated rings. The standard InChI is InChI=1S/C12H18O3S/c1-3-7-12(2,11(13)14)15-8-6-10-5-4-9-16-10/h4-5,9H,3,6-8H2,1-2H3,(H,13,14). The van der Waals surface area contributed by atoms with Gasteiger partial charge in [0, 0.05) is 11.3 Å². The maximum absolute atomic E-state index is 11.1. The van der Waals surface area contributed by atoms with Gasteiger partial charge in [0.1, 0.15) is 0 Å². The van der Waals surface area contributed by atoms with Crippen LogP contribution in [-0.4, -0.2) is 23.3 Å². The Morgan fingerprint density at radius 2 is 2.38 bits per heavy atom. The summed E-state index contributed by atoms with van der Waals surface area (Å²) >= 11 is 1.67. The van der Waals surface area contributed by atoms with Crippen LogP contribution in [0.25, 0.3) is 0 Å². The van der Waals surface area contributed by atoms with Crippen molar-refractivity contribution in [3.8, 4) is 0 Å². The van der Waals surface area contributed by atoms with E-state index in [2.05, 4.69) is 0 Å². The first-order valence-electron chi connectivity index (χ1n) is 5.48. The molecule has 1 rings (SSSR count). The zero-order valence-corrected chi connectivity index (χ0v) is 10.5. The number of hydrogen-bond donors (Lipinski definition) is 1. The summed E-state index contributed by atoms with van der Waals surface area (Å²) in [5, 5.41) is 11.1. The largest absolute Gasteiger partial charge is 0.479 e. The first-order chi connectivity index (χ1) is 7.58. The van der Waals surface area contributed by atoms with Crippen molar-refractivity contribution in [2.75, 3.05) is 6.61 Å². The minimum Gasteiger partial charge on any atom is -0.479 e. The van der Waals surface area contributed by atoms with Crippen LogP contribution in [0.4, 0.5) is 0 Å². The highest BCUT2D eigenvalue weighted by atomic mass is 32.1. The Morgan fingerprint density at radius 1 is 1.62 bits per heavy atom. The number of hydrogen-bond acceptors (Lipinski definition) is 3. The molecular weight excluding hydrogens is 224 g/mol. The topological polar surface area (TPSA) is 46.5 Å². The van der Waals surface area contributed by atoms with Gasteiger partial charge in [0.25, 0.3) is 0 Å². The lowest BCUT2D eigenvalue weighted by Gasteiger charge is -2.24. The van der Waals surface area contributed by atoms with Crippen molar-refractivity contribution in [2.45, 2.75) is 38.7 Å². The van der Waals surface area contributed by atoms with Crippen molar-refractivity contribution >= 4 is 17.3 Å². The van der Waals surface area contributed by atoms with E-state index in [-0.39, 0.29) is 0 Å². The summed E-state index contributed by atoms with van der Waals surface area (Å²) in [4.78, 5) is 12.3. The van der Waals surface area contributed by atoms with E-state index in [4.69, 9.17) is 9.84 Å². The summed E-state index contributed by atoms with van der Waals surface area (Å²) in [5.41, 5.74) is -1.04. The van der Waals surface area contributed by atoms with E-state index in [1.54, 1.807) is 18.3 Å². The molecule has 16 heavy (non-hydrogen) atoms. The van der Waals surface area contributed by atoms with Crippen molar-refractivity contribution in [3.05, 3.63) is 22.4 Å². The molecule has 1 aromatic rings. The molecule has 0 aliphatic heterocycles. The highest BCUT2D eigenvalue weighted by Gasteiger charge is 2.32. The first kappa shape index (κ1) is 13.2. The fourth-order valence-electron chi connectivity index (χ4n) is 1.55. The smallest absolute Gasteiger partial charge is 0.335 e. The lowest BCUT2D eigenvalue weighted by atomic mass is 10.0. The minimum absolute atomic E-state index is 0.462. The molecule has 1 unspecified atom stereocenters. The number of ether oxygens (including phenoxy) is 1. The van der Waals surface area contributed by atoms with Crippen molar-refractivity contribution in [3.63, 3.8) is 0 Å². The third kappa shape index (κ3) is 3.61. The maximum Gasteiger partial charge on any atom is 0.335 e. The van der Waals surface area contributed by atoms with Gasteiger partial charge in [-0.3, -0.25) is 0 Å². The Bertz CT molecular complexity index is 321. The van der Waals surface area contributed by atoms with Crippen molar-refractivity contribution in [1.29, 1.82) is 0 Å². The Kier molecular flexibility index (Phi) is 4.96. The molecule has 0 saturated carbocycles. The molecular formula is C12H18O3S. The lowest BCUT2D eigenvalue weighted by Crippen LogP contribution is -2.38. The van der Waals surface area contributed by atoms with Gasteiger partial charge in [-0.1, -0.05) is 19.4 Å². The molecule has 1 heterocycles. The Hall–Kier alpha value is -0.870. The monoisotopic (exact) mass is 242 g/mol. The van der Waals surface area contributed by atoms with Gasteiger partial charge in [-0.25, -0.2) is 4.79 Å². The van der Waals surface area contributed by atoms with Crippen molar-refractivity contribution in [1.82, 2.24) is 0 Å². The van der Waals surface area contributed by atoms with Crippen LogP contribution in [0.3, 0.4) is 0 Å². The molecule has 0 radical (unpaired) electrons. The fourth-order valence-corrected chi connectivity index (χ4v) is 2.24. The molecule has 0 amide bonds. The first-order valence-corrected chi connectivity index (χ1v) is 6.36. The molecule has 0 bridgehead atoms. The van der Waals surface area contributed by atoms with E-state index in [1.165, 1.54) is 4.88 Å². The van der Waals surface area contributed by atoms with E-state index in [9.17, 15) is 4.79 Å². The highest BCUT2D eigenvalue weighted by Crippen LogP contribution is 2.19. The minimum atomic E-state index is -1.04. The molecule has 1 aromatic heterocycles. The van der Waals surface area contributed by atoms with E-state index in [0.29, 0.717) is 13.0 Å². The molecule has 3 nitrogen and oxygen atoms in total. The van der Waals surface area contributed by atoms with Gasteiger partial charge in [-0.2, -0.15) is 0 Å². The molecule has 4 heteroatoms. The summed E-state index contributed by atoms with van der Waals surface area (Å²) in [6, 6.07) is 4.02. The van der Waals surface area contributed by atoms with Crippen LogP contribution >= 0.6 is 11.3 Å². The Labute approximate surface area is 100 Å². The van der Waals surface area contributed by atoms with Gasteiger partial charge in [0.15, 0.2) is 5.60 Å². The zero-order chi connectivity index (χ0) is 12.0. The average molecular weight is 242 g/mol. The molecule has 1 atom stereocenters. The predicted molar refractivity (Wildman–Crippen MR) is 64.9 cm³/mol.